The van der Waals surface area contributed by atoms with E-state index in [2.05, 4.69) is 15.8 Å². The highest BCUT2D eigenvalue weighted by molar-refractivity contribution is 6.07. The molecule has 170 valence electrons. The van der Waals surface area contributed by atoms with E-state index in [9.17, 15) is 19.8 Å². The first kappa shape index (κ1) is 22.6. The minimum Gasteiger partial charge on any atom is -0.508 e. The second kappa shape index (κ2) is 8.59. The molecule has 1 aromatic heterocycles. The highest BCUT2D eigenvalue weighted by Gasteiger charge is 2.42. The fourth-order valence-corrected chi connectivity index (χ4v) is 3.34. The third kappa shape index (κ3) is 4.07. The molecule has 0 saturated carbocycles. The largest absolute Gasteiger partial charge is 0.508 e. The minimum absolute atomic E-state index is 0.0125. The lowest BCUT2D eigenvalue weighted by atomic mass is 9.95. The summed E-state index contributed by atoms with van der Waals surface area (Å²) >= 11 is 0. The van der Waals surface area contributed by atoms with E-state index in [4.69, 9.17) is 26.0 Å². The van der Waals surface area contributed by atoms with Crippen molar-refractivity contribution < 1.29 is 34.4 Å². The van der Waals surface area contributed by atoms with Gasteiger partial charge in [0.2, 0.25) is 0 Å². The van der Waals surface area contributed by atoms with Gasteiger partial charge in [-0.05, 0) is 35.6 Å². The molecule has 2 heterocycles. The maximum absolute atomic E-state index is 11.9. The number of hydrogen-bond donors (Lipinski definition) is 6. The molecule has 2 aromatic rings. The van der Waals surface area contributed by atoms with Crippen LogP contribution in [-0.4, -0.2) is 44.1 Å². The predicted octanol–water partition coefficient (Wildman–Crippen LogP) is 0.653. The van der Waals surface area contributed by atoms with Crippen molar-refractivity contribution in [2.45, 2.75) is 38.1 Å². The Morgan fingerprint density at radius 1 is 1.25 bits per heavy atom. The molecule has 1 aliphatic heterocycles. The van der Waals surface area contributed by atoms with Crippen molar-refractivity contribution in [3.8, 4) is 11.5 Å². The average Bonchev–Trinajstić information content (AvgIpc) is 3.32. The SMILES string of the molecule is CC(C)c1cc(CCc2onc(C(N)=O)c2C2=CC(C=NO)(C(N)=O)NO2)c(O)cc1O. The third-order valence-electron chi connectivity index (χ3n) is 5.07. The molecule has 0 aliphatic carbocycles. The van der Waals surface area contributed by atoms with Crippen LogP contribution in [0, 0.1) is 0 Å². The molecule has 12 nitrogen and oxygen atoms in total. The van der Waals surface area contributed by atoms with Gasteiger partial charge in [-0.1, -0.05) is 24.2 Å². The van der Waals surface area contributed by atoms with Gasteiger partial charge >= 0.3 is 0 Å². The van der Waals surface area contributed by atoms with Gasteiger partial charge in [-0.25, -0.2) is 0 Å². The first-order valence-electron chi connectivity index (χ1n) is 9.58. The number of aromatic nitrogens is 1. The van der Waals surface area contributed by atoms with E-state index in [1.54, 1.807) is 6.07 Å². The molecule has 1 unspecified atom stereocenters. The van der Waals surface area contributed by atoms with Crippen molar-refractivity contribution in [2.75, 3.05) is 0 Å². The zero-order valence-corrected chi connectivity index (χ0v) is 17.3. The van der Waals surface area contributed by atoms with Crippen molar-refractivity contribution >= 4 is 23.8 Å². The molecule has 8 N–H and O–H groups in total. The minimum atomic E-state index is -1.77. The lowest BCUT2D eigenvalue weighted by Gasteiger charge is -2.15. The molecule has 1 aromatic carbocycles. The number of benzene rings is 1. The number of nitrogens with one attached hydrogen (secondary N) is 1. The van der Waals surface area contributed by atoms with Gasteiger partial charge in [0.25, 0.3) is 11.8 Å². The van der Waals surface area contributed by atoms with Crippen molar-refractivity contribution in [3.05, 3.63) is 46.4 Å². The standard InChI is InChI=1S/C20H23N5O7/c1-9(2)11-5-10(12(26)6-13(11)27)3-4-14-16(17(18(21)28)24-31-14)15-7-20(8-23-30,19(22)29)25-32-15/h5-9,25-27,30H,3-4H2,1-2H3,(H2,21,28)(H2,22,29). The Balaban J connectivity index is 1.98. The summed E-state index contributed by atoms with van der Waals surface area (Å²) in [4.78, 5) is 29.0. The molecule has 1 atom stereocenters. The van der Waals surface area contributed by atoms with Crippen LogP contribution in [-0.2, 0) is 22.5 Å². The summed E-state index contributed by atoms with van der Waals surface area (Å²) in [6.07, 6.45) is 2.43. The molecular formula is C20H23N5O7. The summed E-state index contributed by atoms with van der Waals surface area (Å²) < 4.78 is 5.29. The van der Waals surface area contributed by atoms with Crippen molar-refractivity contribution in [1.29, 1.82) is 0 Å². The summed E-state index contributed by atoms with van der Waals surface area (Å²) in [5, 5.41) is 35.6. The number of amides is 2. The number of hydrogen-bond acceptors (Lipinski definition) is 10. The number of aryl methyl sites for hydroxylation is 2. The highest BCUT2D eigenvalue weighted by atomic mass is 16.7. The molecule has 12 heteroatoms. The number of oxime groups is 1. The van der Waals surface area contributed by atoms with Gasteiger partial charge in [-0.15, -0.1) is 5.48 Å². The summed E-state index contributed by atoms with van der Waals surface area (Å²) in [5.74, 6) is -1.77. The van der Waals surface area contributed by atoms with Gasteiger partial charge in [0.15, 0.2) is 17.0 Å². The quantitative estimate of drug-likeness (QED) is 0.191. The van der Waals surface area contributed by atoms with Crippen LogP contribution >= 0.6 is 0 Å². The van der Waals surface area contributed by atoms with E-state index < -0.39 is 17.4 Å². The zero-order valence-electron chi connectivity index (χ0n) is 17.3. The van der Waals surface area contributed by atoms with Gasteiger partial charge in [-0.3, -0.25) is 9.59 Å². The number of phenolic OH excluding ortho intramolecular Hbond substituents is 2. The molecule has 32 heavy (non-hydrogen) atoms. The Hall–Kier alpha value is -4.06. The van der Waals surface area contributed by atoms with Crippen LogP contribution in [0.4, 0.5) is 0 Å². The highest BCUT2D eigenvalue weighted by Crippen LogP contribution is 2.34. The van der Waals surface area contributed by atoms with Gasteiger partial charge in [-0.2, -0.15) is 0 Å². The third-order valence-corrected chi connectivity index (χ3v) is 5.07. The molecule has 0 bridgehead atoms. The number of carbonyl (C=O) groups excluding carboxylic acids is 2. The molecule has 0 fully saturated rings. The lowest BCUT2D eigenvalue weighted by molar-refractivity contribution is -0.122. The number of carbonyl (C=O) groups is 2. The van der Waals surface area contributed by atoms with E-state index >= 15 is 0 Å². The second-order valence-corrected chi connectivity index (χ2v) is 7.58. The van der Waals surface area contributed by atoms with Gasteiger partial charge < -0.3 is 36.2 Å². The van der Waals surface area contributed by atoms with E-state index in [1.807, 2.05) is 13.8 Å². The average molecular weight is 445 g/mol. The van der Waals surface area contributed by atoms with E-state index in [0.29, 0.717) is 11.1 Å². The second-order valence-electron chi connectivity index (χ2n) is 7.58. The monoisotopic (exact) mass is 445 g/mol. The molecule has 2 amide bonds. The molecule has 1 aliphatic rings. The number of primary amides is 2. The van der Waals surface area contributed by atoms with Crippen LogP contribution in [0.2, 0.25) is 0 Å². The summed E-state index contributed by atoms with van der Waals surface area (Å²) in [7, 11) is 0. The van der Waals surface area contributed by atoms with Gasteiger partial charge in [0.1, 0.15) is 17.3 Å². The van der Waals surface area contributed by atoms with Crippen LogP contribution in [0.25, 0.3) is 5.76 Å². The number of phenols is 2. The lowest BCUT2D eigenvalue weighted by Crippen LogP contribution is -2.52. The van der Waals surface area contributed by atoms with E-state index in [1.165, 1.54) is 12.1 Å². The Bertz CT molecular complexity index is 1120. The number of nitrogens with zero attached hydrogens (tertiary/aromatic N) is 2. The molecule has 0 saturated heterocycles. The molecule has 3 rings (SSSR count). The smallest absolute Gasteiger partial charge is 0.271 e. The Morgan fingerprint density at radius 2 is 1.97 bits per heavy atom. The Labute approximate surface area is 182 Å². The number of rotatable bonds is 8. The van der Waals surface area contributed by atoms with Gasteiger partial charge in [0, 0.05) is 12.5 Å². The molecular weight excluding hydrogens is 422 g/mol. The fourth-order valence-electron chi connectivity index (χ4n) is 3.34. The molecule has 0 radical (unpaired) electrons. The van der Waals surface area contributed by atoms with Crippen molar-refractivity contribution in [1.82, 2.24) is 10.6 Å². The fraction of sp³-hybridized carbons (Fsp3) is 0.300. The normalized spacial score (nSPS) is 18.2. The maximum atomic E-state index is 11.9. The van der Waals surface area contributed by atoms with E-state index in [0.717, 1.165) is 6.21 Å². The maximum Gasteiger partial charge on any atom is 0.271 e. The first-order valence-corrected chi connectivity index (χ1v) is 9.58. The Morgan fingerprint density at radius 3 is 2.56 bits per heavy atom. The topological polar surface area (TPSA) is 207 Å². The van der Waals surface area contributed by atoms with Crippen molar-refractivity contribution in [2.24, 2.45) is 16.6 Å². The van der Waals surface area contributed by atoms with Crippen LogP contribution in [0.15, 0.2) is 27.9 Å². The van der Waals surface area contributed by atoms with Crippen molar-refractivity contribution in [3.63, 3.8) is 0 Å². The summed E-state index contributed by atoms with van der Waals surface area (Å²) in [5.41, 5.74) is 12.4. The summed E-state index contributed by atoms with van der Waals surface area (Å²) in [6, 6.07) is 2.95. The van der Waals surface area contributed by atoms with Crippen LogP contribution < -0.4 is 16.9 Å². The van der Waals surface area contributed by atoms with Crippen LogP contribution in [0.1, 0.15) is 52.7 Å². The van der Waals surface area contributed by atoms with Crippen LogP contribution in [0.3, 0.4) is 0 Å². The zero-order chi connectivity index (χ0) is 23.6. The number of hydroxylamine groups is 1. The first-order chi connectivity index (χ1) is 15.1. The van der Waals surface area contributed by atoms with Crippen LogP contribution in [0.5, 0.6) is 11.5 Å². The summed E-state index contributed by atoms with van der Waals surface area (Å²) in [6.45, 7) is 3.81. The number of aromatic hydroxyl groups is 2. The Kier molecular flexibility index (Phi) is 6.07. The number of nitrogens with two attached hydrogens (primary N) is 2. The molecule has 0 spiro atoms. The van der Waals surface area contributed by atoms with Gasteiger partial charge in [0.05, 0.1) is 11.8 Å². The predicted molar refractivity (Wildman–Crippen MR) is 111 cm³/mol. The van der Waals surface area contributed by atoms with E-state index in [-0.39, 0.29) is 53.0 Å².